The average Bonchev–Trinajstić information content (AvgIpc) is 3.06. The first-order chi connectivity index (χ1) is 9.78. The summed E-state index contributed by atoms with van der Waals surface area (Å²) < 4.78 is 6.64. The van der Waals surface area contributed by atoms with Crippen LogP contribution in [0.25, 0.3) is 16.3 Å². The van der Waals surface area contributed by atoms with E-state index in [0.29, 0.717) is 12.8 Å². The van der Waals surface area contributed by atoms with Crippen molar-refractivity contribution in [1.82, 2.24) is 19.4 Å². The number of hydrogen-bond donors (Lipinski definition) is 0. The summed E-state index contributed by atoms with van der Waals surface area (Å²) in [5, 5.41) is 2.01. The number of hydrogen-bond acceptors (Lipinski definition) is 6. The van der Waals surface area contributed by atoms with E-state index in [2.05, 4.69) is 19.7 Å². The molecule has 0 saturated heterocycles. The summed E-state index contributed by atoms with van der Waals surface area (Å²) in [6.45, 7) is 0. The lowest BCUT2D eigenvalue weighted by atomic mass is 10.2. The summed E-state index contributed by atoms with van der Waals surface area (Å²) >= 11 is 1.54. The molecule has 20 heavy (non-hydrogen) atoms. The van der Waals surface area contributed by atoms with Gasteiger partial charge >= 0.3 is 5.97 Å². The number of carbonyl (C=O) groups is 1. The molecule has 0 aliphatic rings. The number of nitrogens with zero attached hydrogens (tertiary/aromatic N) is 4. The number of fused-ring (bicyclic) bond motifs is 1. The van der Waals surface area contributed by atoms with Gasteiger partial charge in [0.1, 0.15) is 11.4 Å². The second kappa shape index (κ2) is 5.38. The number of thiazole rings is 1. The van der Waals surface area contributed by atoms with E-state index in [1.165, 1.54) is 7.11 Å². The second-order valence-electron chi connectivity index (χ2n) is 4.17. The lowest BCUT2D eigenvalue weighted by molar-refractivity contribution is -0.140. The summed E-state index contributed by atoms with van der Waals surface area (Å²) in [5.74, 6) is -0.210. The molecule has 0 aliphatic heterocycles. The molecule has 102 valence electrons. The molecule has 0 bridgehead atoms. The molecule has 0 amide bonds. The van der Waals surface area contributed by atoms with E-state index in [4.69, 9.17) is 0 Å². The van der Waals surface area contributed by atoms with Crippen LogP contribution in [0.4, 0.5) is 0 Å². The van der Waals surface area contributed by atoms with Gasteiger partial charge < -0.3 is 4.74 Å². The minimum Gasteiger partial charge on any atom is -0.469 e. The molecule has 0 aromatic carbocycles. The fraction of sp³-hybridized carbons (Fsp3) is 0.231. The standard InChI is InChI=1S/C13H12N4O2S/c1-19-12(18)3-2-9-8-20-13-16-11(7-17(9)13)10-6-14-4-5-15-10/h4-8H,2-3H2,1H3. The summed E-state index contributed by atoms with van der Waals surface area (Å²) in [6, 6.07) is 0. The minimum absolute atomic E-state index is 0.210. The molecule has 7 heteroatoms. The summed E-state index contributed by atoms with van der Waals surface area (Å²) in [4.78, 5) is 24.9. The van der Waals surface area contributed by atoms with Gasteiger partial charge in [-0.15, -0.1) is 11.3 Å². The summed E-state index contributed by atoms with van der Waals surface area (Å²) in [5.41, 5.74) is 2.56. The molecular weight excluding hydrogens is 276 g/mol. The van der Waals surface area contributed by atoms with Crippen LogP contribution in [0.3, 0.4) is 0 Å². The van der Waals surface area contributed by atoms with Crippen molar-refractivity contribution in [2.75, 3.05) is 7.11 Å². The van der Waals surface area contributed by atoms with E-state index in [1.54, 1.807) is 29.9 Å². The van der Waals surface area contributed by atoms with Gasteiger partial charge in [0, 0.05) is 29.7 Å². The van der Waals surface area contributed by atoms with Crippen molar-refractivity contribution in [3.05, 3.63) is 35.9 Å². The number of imidazole rings is 1. The first-order valence-corrected chi connectivity index (χ1v) is 6.94. The van der Waals surface area contributed by atoms with Crippen molar-refractivity contribution in [3.63, 3.8) is 0 Å². The van der Waals surface area contributed by atoms with Gasteiger partial charge in [-0.05, 0) is 6.42 Å². The van der Waals surface area contributed by atoms with Gasteiger partial charge in [-0.25, -0.2) is 4.98 Å². The number of ether oxygens (including phenoxy) is 1. The Hall–Kier alpha value is -2.28. The molecule has 3 aromatic rings. The van der Waals surface area contributed by atoms with Crippen LogP contribution in [0.1, 0.15) is 12.1 Å². The molecule has 6 nitrogen and oxygen atoms in total. The van der Waals surface area contributed by atoms with E-state index < -0.39 is 0 Å². The smallest absolute Gasteiger partial charge is 0.305 e. The Labute approximate surface area is 119 Å². The fourth-order valence-corrected chi connectivity index (χ4v) is 2.80. The zero-order valence-corrected chi connectivity index (χ0v) is 11.6. The minimum atomic E-state index is -0.210. The predicted octanol–water partition coefficient (Wildman–Crippen LogP) is 1.96. The molecule has 3 heterocycles. The Morgan fingerprint density at radius 2 is 2.30 bits per heavy atom. The predicted molar refractivity (Wildman–Crippen MR) is 74.4 cm³/mol. The number of esters is 1. The highest BCUT2D eigenvalue weighted by Crippen LogP contribution is 2.22. The maximum atomic E-state index is 11.2. The van der Waals surface area contributed by atoms with Crippen LogP contribution in [-0.2, 0) is 16.0 Å². The highest BCUT2D eigenvalue weighted by atomic mass is 32.1. The SMILES string of the molecule is COC(=O)CCc1csc2nc(-c3cnccn3)cn12. The van der Waals surface area contributed by atoms with E-state index in [1.807, 2.05) is 16.0 Å². The third kappa shape index (κ3) is 2.39. The second-order valence-corrected chi connectivity index (χ2v) is 5.01. The monoisotopic (exact) mass is 288 g/mol. The quantitative estimate of drug-likeness (QED) is 0.686. The van der Waals surface area contributed by atoms with E-state index in [9.17, 15) is 4.79 Å². The Kier molecular flexibility index (Phi) is 3.42. The highest BCUT2D eigenvalue weighted by Gasteiger charge is 2.11. The normalized spacial score (nSPS) is 10.8. The number of aryl methyl sites for hydroxylation is 1. The molecule has 0 fully saturated rings. The average molecular weight is 288 g/mol. The van der Waals surface area contributed by atoms with Crippen LogP contribution < -0.4 is 0 Å². The number of rotatable bonds is 4. The Bertz CT molecular complexity index is 735. The third-order valence-corrected chi connectivity index (χ3v) is 3.81. The van der Waals surface area contributed by atoms with Crippen LogP contribution in [-0.4, -0.2) is 32.4 Å². The maximum Gasteiger partial charge on any atom is 0.305 e. The highest BCUT2D eigenvalue weighted by molar-refractivity contribution is 7.15. The largest absolute Gasteiger partial charge is 0.469 e. The first-order valence-electron chi connectivity index (χ1n) is 6.06. The molecule has 0 aliphatic carbocycles. The Morgan fingerprint density at radius 3 is 3.05 bits per heavy atom. The number of aromatic nitrogens is 4. The first kappa shape index (κ1) is 12.7. The van der Waals surface area contributed by atoms with Gasteiger partial charge in [0.05, 0.1) is 19.7 Å². The summed E-state index contributed by atoms with van der Waals surface area (Å²) in [7, 11) is 1.40. The van der Waals surface area contributed by atoms with Crippen molar-refractivity contribution in [1.29, 1.82) is 0 Å². The van der Waals surface area contributed by atoms with Gasteiger partial charge in [0.25, 0.3) is 0 Å². The van der Waals surface area contributed by atoms with Gasteiger partial charge in [0.15, 0.2) is 4.96 Å². The van der Waals surface area contributed by atoms with Gasteiger partial charge in [0.2, 0.25) is 0 Å². The van der Waals surface area contributed by atoms with E-state index in [0.717, 1.165) is 22.0 Å². The summed E-state index contributed by atoms with van der Waals surface area (Å²) in [6.07, 6.45) is 7.86. The zero-order valence-electron chi connectivity index (χ0n) is 10.8. The Balaban J connectivity index is 1.89. The number of methoxy groups -OCH3 is 1. The van der Waals surface area contributed by atoms with Gasteiger partial charge in [-0.1, -0.05) is 0 Å². The number of carbonyl (C=O) groups excluding carboxylic acids is 1. The third-order valence-electron chi connectivity index (χ3n) is 2.92. The van der Waals surface area contributed by atoms with Crippen molar-refractivity contribution in [2.24, 2.45) is 0 Å². The van der Waals surface area contributed by atoms with Gasteiger partial charge in [-0.3, -0.25) is 19.2 Å². The van der Waals surface area contributed by atoms with Crippen LogP contribution in [0.2, 0.25) is 0 Å². The van der Waals surface area contributed by atoms with Crippen molar-refractivity contribution < 1.29 is 9.53 Å². The van der Waals surface area contributed by atoms with Crippen LogP contribution >= 0.6 is 11.3 Å². The lowest BCUT2D eigenvalue weighted by Crippen LogP contribution is -2.02. The molecule has 3 aromatic heterocycles. The maximum absolute atomic E-state index is 11.2. The topological polar surface area (TPSA) is 69.4 Å². The molecule has 0 atom stereocenters. The molecule has 3 rings (SSSR count). The fourth-order valence-electron chi connectivity index (χ4n) is 1.90. The van der Waals surface area contributed by atoms with Crippen molar-refractivity contribution in [2.45, 2.75) is 12.8 Å². The molecular formula is C13H12N4O2S. The van der Waals surface area contributed by atoms with E-state index in [-0.39, 0.29) is 5.97 Å². The molecule has 0 unspecified atom stereocenters. The Morgan fingerprint density at radius 1 is 1.40 bits per heavy atom. The van der Waals surface area contributed by atoms with Crippen molar-refractivity contribution in [3.8, 4) is 11.4 Å². The molecule has 0 radical (unpaired) electrons. The van der Waals surface area contributed by atoms with Gasteiger partial charge in [-0.2, -0.15) is 0 Å². The molecule has 0 N–H and O–H groups in total. The molecule has 0 saturated carbocycles. The van der Waals surface area contributed by atoms with Crippen LogP contribution in [0.15, 0.2) is 30.2 Å². The van der Waals surface area contributed by atoms with Crippen molar-refractivity contribution >= 4 is 22.3 Å². The molecule has 0 spiro atoms. The van der Waals surface area contributed by atoms with Crippen LogP contribution in [0, 0.1) is 0 Å². The zero-order chi connectivity index (χ0) is 13.9. The van der Waals surface area contributed by atoms with E-state index >= 15 is 0 Å². The lowest BCUT2D eigenvalue weighted by Gasteiger charge is -1.98. The van der Waals surface area contributed by atoms with Crippen LogP contribution in [0.5, 0.6) is 0 Å².